The van der Waals surface area contributed by atoms with Gasteiger partial charge in [0.25, 0.3) is 10.2 Å². The quantitative estimate of drug-likeness (QED) is 0.695. The lowest BCUT2D eigenvalue weighted by Crippen LogP contribution is -2.55. The Morgan fingerprint density at radius 3 is 2.52 bits per heavy atom. The van der Waals surface area contributed by atoms with Crippen molar-refractivity contribution in [2.24, 2.45) is 0 Å². The van der Waals surface area contributed by atoms with Crippen molar-refractivity contribution in [3.63, 3.8) is 0 Å². The van der Waals surface area contributed by atoms with Crippen LogP contribution in [0, 0.1) is 0 Å². The summed E-state index contributed by atoms with van der Waals surface area (Å²) in [7, 11) is -3.71. The summed E-state index contributed by atoms with van der Waals surface area (Å²) in [6, 6.07) is -1.08. The Balaban J connectivity index is 2.94. The van der Waals surface area contributed by atoms with Gasteiger partial charge < -0.3 is 5.11 Å². The standard InChI is InChI=1S/C14H28N2O4S/c1-4-5-7-10-15(12(2)3)21(19,20)16-11-8-6-9-13(16)14(17)18/h12-13H,4-11H2,1-3H3,(H,17,18). The summed E-state index contributed by atoms with van der Waals surface area (Å²) in [6.45, 7) is 6.50. The highest BCUT2D eigenvalue weighted by Crippen LogP contribution is 2.24. The van der Waals surface area contributed by atoms with Crippen LogP contribution in [0.3, 0.4) is 0 Å². The number of nitrogens with zero attached hydrogens (tertiary/aromatic N) is 2. The van der Waals surface area contributed by atoms with Crippen molar-refractivity contribution >= 4 is 16.2 Å². The minimum atomic E-state index is -3.71. The van der Waals surface area contributed by atoms with Crippen LogP contribution in [0.2, 0.25) is 0 Å². The van der Waals surface area contributed by atoms with E-state index in [2.05, 4.69) is 6.92 Å². The van der Waals surface area contributed by atoms with Crippen LogP contribution in [0.15, 0.2) is 0 Å². The summed E-state index contributed by atoms with van der Waals surface area (Å²) in [4.78, 5) is 11.3. The van der Waals surface area contributed by atoms with Crippen LogP contribution in [0.4, 0.5) is 0 Å². The van der Waals surface area contributed by atoms with E-state index < -0.39 is 22.2 Å². The number of rotatable bonds is 8. The molecule has 0 aromatic carbocycles. The molecule has 0 amide bonds. The van der Waals surface area contributed by atoms with Crippen molar-refractivity contribution in [1.82, 2.24) is 8.61 Å². The molecule has 7 heteroatoms. The van der Waals surface area contributed by atoms with E-state index in [0.717, 1.165) is 32.1 Å². The molecule has 0 bridgehead atoms. The lowest BCUT2D eigenvalue weighted by Gasteiger charge is -2.37. The third-order valence-corrected chi connectivity index (χ3v) is 6.12. The van der Waals surface area contributed by atoms with Gasteiger partial charge in [0.1, 0.15) is 6.04 Å². The fourth-order valence-electron chi connectivity index (χ4n) is 2.72. The summed E-state index contributed by atoms with van der Waals surface area (Å²) in [5.74, 6) is -1.05. The average Bonchev–Trinajstić information content (AvgIpc) is 2.42. The first-order chi connectivity index (χ1) is 9.82. The molecule has 6 nitrogen and oxygen atoms in total. The van der Waals surface area contributed by atoms with E-state index in [-0.39, 0.29) is 6.04 Å². The maximum absolute atomic E-state index is 12.8. The largest absolute Gasteiger partial charge is 0.480 e. The molecular formula is C14H28N2O4S. The van der Waals surface area contributed by atoms with Gasteiger partial charge in [0.05, 0.1) is 0 Å². The van der Waals surface area contributed by atoms with Crippen molar-refractivity contribution in [1.29, 1.82) is 0 Å². The number of unbranched alkanes of at least 4 members (excludes halogenated alkanes) is 2. The second-order valence-corrected chi connectivity index (χ2v) is 7.71. The van der Waals surface area contributed by atoms with E-state index in [0.29, 0.717) is 19.5 Å². The topological polar surface area (TPSA) is 77.9 Å². The molecule has 0 aromatic heterocycles. The van der Waals surface area contributed by atoms with Gasteiger partial charge in [-0.3, -0.25) is 4.79 Å². The smallest absolute Gasteiger partial charge is 0.322 e. The van der Waals surface area contributed by atoms with Crippen molar-refractivity contribution < 1.29 is 18.3 Å². The molecule has 0 radical (unpaired) electrons. The summed E-state index contributed by atoms with van der Waals surface area (Å²) in [6.07, 6.45) is 4.69. The van der Waals surface area contributed by atoms with Gasteiger partial charge in [-0.2, -0.15) is 17.0 Å². The van der Waals surface area contributed by atoms with Crippen LogP contribution in [-0.2, 0) is 15.0 Å². The third-order valence-electron chi connectivity index (χ3n) is 3.89. The van der Waals surface area contributed by atoms with Gasteiger partial charge in [-0.1, -0.05) is 19.8 Å². The molecule has 1 unspecified atom stereocenters. The monoisotopic (exact) mass is 320 g/mol. The SMILES string of the molecule is CCCCCN(C(C)C)S(=O)(=O)N1CCCCC1C(=O)O. The number of aliphatic carboxylic acids is 1. The maximum Gasteiger partial charge on any atom is 0.322 e. The zero-order valence-corrected chi connectivity index (χ0v) is 14.1. The summed E-state index contributed by atoms with van der Waals surface area (Å²) in [5.41, 5.74) is 0. The third kappa shape index (κ3) is 4.66. The Kier molecular flexibility index (Phi) is 7.09. The molecule has 1 heterocycles. The molecule has 0 aliphatic carbocycles. The minimum absolute atomic E-state index is 0.164. The van der Waals surface area contributed by atoms with Crippen LogP contribution in [0.5, 0.6) is 0 Å². The zero-order chi connectivity index (χ0) is 16.0. The summed E-state index contributed by atoms with van der Waals surface area (Å²) < 4.78 is 28.3. The van der Waals surface area contributed by atoms with Crippen LogP contribution in [0.25, 0.3) is 0 Å². The molecule has 1 aliphatic rings. The number of carboxylic acids is 1. The highest BCUT2D eigenvalue weighted by Gasteiger charge is 2.40. The van der Waals surface area contributed by atoms with Crippen molar-refractivity contribution in [3.05, 3.63) is 0 Å². The predicted octanol–water partition coefficient (Wildman–Crippen LogP) is 2.07. The molecule has 0 saturated carbocycles. The molecular weight excluding hydrogens is 292 g/mol. The number of carbonyl (C=O) groups is 1. The number of piperidine rings is 1. The van der Waals surface area contributed by atoms with Gasteiger partial charge in [0.15, 0.2) is 0 Å². The molecule has 1 atom stereocenters. The fraction of sp³-hybridized carbons (Fsp3) is 0.929. The maximum atomic E-state index is 12.8. The van der Waals surface area contributed by atoms with Gasteiger partial charge in [0.2, 0.25) is 0 Å². The fourth-order valence-corrected chi connectivity index (χ4v) is 4.76. The van der Waals surface area contributed by atoms with E-state index in [1.165, 1.54) is 8.61 Å². The van der Waals surface area contributed by atoms with Crippen molar-refractivity contribution in [3.8, 4) is 0 Å². The van der Waals surface area contributed by atoms with Gasteiger partial charge in [-0.25, -0.2) is 0 Å². The number of carboxylic acid groups (broad SMARTS) is 1. The summed E-state index contributed by atoms with van der Waals surface area (Å²) >= 11 is 0. The van der Waals surface area contributed by atoms with E-state index in [1.54, 1.807) is 0 Å². The van der Waals surface area contributed by atoms with Crippen LogP contribution in [0.1, 0.15) is 59.3 Å². The molecule has 1 rings (SSSR count). The Bertz CT molecular complexity index is 436. The molecule has 1 N–H and O–H groups in total. The van der Waals surface area contributed by atoms with Gasteiger partial charge in [-0.15, -0.1) is 0 Å². The zero-order valence-electron chi connectivity index (χ0n) is 13.3. The molecule has 1 fully saturated rings. The molecule has 21 heavy (non-hydrogen) atoms. The predicted molar refractivity (Wildman–Crippen MR) is 82.3 cm³/mol. The Hall–Kier alpha value is -0.660. The molecule has 1 aliphatic heterocycles. The normalized spacial score (nSPS) is 21.1. The molecule has 1 saturated heterocycles. The Morgan fingerprint density at radius 2 is 2.00 bits per heavy atom. The highest BCUT2D eigenvalue weighted by atomic mass is 32.2. The lowest BCUT2D eigenvalue weighted by molar-refractivity contribution is -0.142. The van der Waals surface area contributed by atoms with E-state index in [1.807, 2.05) is 13.8 Å². The van der Waals surface area contributed by atoms with Gasteiger partial charge >= 0.3 is 5.97 Å². The first-order valence-corrected chi connectivity index (χ1v) is 9.23. The van der Waals surface area contributed by atoms with Gasteiger partial charge in [0, 0.05) is 19.1 Å². The average molecular weight is 320 g/mol. The highest BCUT2D eigenvalue weighted by molar-refractivity contribution is 7.86. The number of hydrogen-bond donors (Lipinski definition) is 1. The molecule has 124 valence electrons. The van der Waals surface area contributed by atoms with E-state index >= 15 is 0 Å². The molecule has 0 spiro atoms. The first-order valence-electron chi connectivity index (χ1n) is 7.83. The van der Waals surface area contributed by atoms with E-state index in [4.69, 9.17) is 0 Å². The number of hydrogen-bond acceptors (Lipinski definition) is 3. The second kappa shape index (κ2) is 8.10. The first kappa shape index (κ1) is 18.4. The van der Waals surface area contributed by atoms with Crippen molar-refractivity contribution in [2.45, 2.75) is 71.4 Å². The lowest BCUT2D eigenvalue weighted by atomic mass is 10.1. The second-order valence-electron chi connectivity index (χ2n) is 5.88. The Labute approximate surface area is 128 Å². The summed E-state index contributed by atoms with van der Waals surface area (Å²) in [5, 5.41) is 9.28. The Morgan fingerprint density at radius 1 is 1.33 bits per heavy atom. The van der Waals surface area contributed by atoms with Crippen LogP contribution < -0.4 is 0 Å². The minimum Gasteiger partial charge on any atom is -0.480 e. The van der Waals surface area contributed by atoms with Crippen molar-refractivity contribution in [2.75, 3.05) is 13.1 Å². The van der Waals surface area contributed by atoms with Gasteiger partial charge in [-0.05, 0) is 39.5 Å². The molecule has 0 aromatic rings. The van der Waals surface area contributed by atoms with Crippen LogP contribution >= 0.6 is 0 Å². The van der Waals surface area contributed by atoms with E-state index in [9.17, 15) is 18.3 Å². The van der Waals surface area contributed by atoms with Crippen LogP contribution in [-0.4, -0.2) is 53.3 Å².